The maximum atomic E-state index is 12.0. The number of carbonyl (C=O) groups is 2. The molecule has 1 fully saturated rings. The predicted octanol–water partition coefficient (Wildman–Crippen LogP) is 4.12. The molecule has 0 saturated heterocycles. The first kappa shape index (κ1) is 15.7. The molecule has 2 rings (SSSR count). The summed E-state index contributed by atoms with van der Waals surface area (Å²) in [6.45, 7) is 6.52. The van der Waals surface area contributed by atoms with Crippen LogP contribution in [0.2, 0.25) is 0 Å². The van der Waals surface area contributed by atoms with Crippen molar-refractivity contribution in [1.82, 2.24) is 0 Å². The molecule has 0 amide bonds. The number of benzene rings is 1. The third kappa shape index (κ3) is 3.93. The fourth-order valence-corrected chi connectivity index (χ4v) is 3.23. The second-order valence-corrected chi connectivity index (χ2v) is 6.63. The average Bonchev–Trinajstić information content (AvgIpc) is 2.46. The van der Waals surface area contributed by atoms with Crippen LogP contribution >= 0.6 is 0 Å². The molecular weight excluding hydrogens is 264 g/mol. The number of hydrogen-bond donors (Lipinski definition) is 0. The van der Waals surface area contributed by atoms with Gasteiger partial charge in [0.25, 0.3) is 5.78 Å². The summed E-state index contributed by atoms with van der Waals surface area (Å²) in [4.78, 5) is 23.6. The van der Waals surface area contributed by atoms with Gasteiger partial charge in [0.05, 0.1) is 6.61 Å². The lowest BCUT2D eigenvalue weighted by Gasteiger charge is -2.35. The van der Waals surface area contributed by atoms with E-state index in [1.807, 2.05) is 12.1 Å². The van der Waals surface area contributed by atoms with E-state index in [-0.39, 0.29) is 6.61 Å². The molecule has 3 nitrogen and oxygen atoms in total. The van der Waals surface area contributed by atoms with E-state index in [9.17, 15) is 9.59 Å². The van der Waals surface area contributed by atoms with Crippen LogP contribution in [0, 0.1) is 5.41 Å². The molecular formula is C18H24O3. The monoisotopic (exact) mass is 288 g/mol. The van der Waals surface area contributed by atoms with Crippen molar-refractivity contribution in [3.8, 4) is 0 Å². The minimum absolute atomic E-state index is 0.223. The van der Waals surface area contributed by atoms with Crippen LogP contribution in [0.3, 0.4) is 0 Å². The van der Waals surface area contributed by atoms with Crippen LogP contribution in [0.25, 0.3) is 0 Å². The molecule has 1 aliphatic carbocycles. The maximum absolute atomic E-state index is 12.0. The van der Waals surface area contributed by atoms with Gasteiger partial charge in [-0.15, -0.1) is 0 Å². The highest BCUT2D eigenvalue weighted by molar-refractivity contribution is 6.40. The van der Waals surface area contributed by atoms with Crippen molar-refractivity contribution in [3.63, 3.8) is 0 Å². The molecule has 3 heteroatoms. The molecule has 0 aromatic heterocycles. The number of ketones is 1. The van der Waals surface area contributed by atoms with Crippen LogP contribution in [0.4, 0.5) is 0 Å². The van der Waals surface area contributed by atoms with E-state index in [0.717, 1.165) is 18.4 Å². The summed E-state index contributed by atoms with van der Waals surface area (Å²) in [6.07, 6.45) is 4.75. The predicted molar refractivity (Wildman–Crippen MR) is 82.4 cm³/mol. The standard InChI is InChI=1S/C18H24O3/c1-4-21-17(20)16(19)14-8-5-7-13(11-14)15-9-6-10-18(2,3)12-15/h5,7-8,11,15H,4,6,9-10,12H2,1-3H3. The van der Waals surface area contributed by atoms with Crippen LogP contribution in [0.1, 0.15) is 68.3 Å². The summed E-state index contributed by atoms with van der Waals surface area (Å²) in [5.74, 6) is -0.837. The van der Waals surface area contributed by atoms with Gasteiger partial charge in [-0.05, 0) is 49.1 Å². The van der Waals surface area contributed by atoms with Crippen LogP contribution in [0.5, 0.6) is 0 Å². The molecule has 0 aliphatic heterocycles. The minimum atomic E-state index is -0.765. The van der Waals surface area contributed by atoms with E-state index in [4.69, 9.17) is 4.74 Å². The third-order valence-corrected chi connectivity index (χ3v) is 4.29. The highest BCUT2D eigenvalue weighted by Gasteiger charge is 2.29. The van der Waals surface area contributed by atoms with E-state index in [0.29, 0.717) is 16.9 Å². The number of esters is 1. The summed E-state index contributed by atoms with van der Waals surface area (Å²) in [6, 6.07) is 7.49. The first-order chi connectivity index (χ1) is 9.93. The maximum Gasteiger partial charge on any atom is 0.379 e. The van der Waals surface area contributed by atoms with Crippen molar-refractivity contribution in [2.75, 3.05) is 6.61 Å². The zero-order chi connectivity index (χ0) is 15.5. The van der Waals surface area contributed by atoms with Gasteiger partial charge in [-0.3, -0.25) is 4.79 Å². The molecule has 0 spiro atoms. The Morgan fingerprint density at radius 2 is 2.10 bits per heavy atom. The van der Waals surface area contributed by atoms with Crippen molar-refractivity contribution < 1.29 is 14.3 Å². The van der Waals surface area contributed by atoms with Gasteiger partial charge in [-0.2, -0.15) is 0 Å². The average molecular weight is 288 g/mol. The van der Waals surface area contributed by atoms with E-state index >= 15 is 0 Å². The Bertz CT molecular complexity index is 531. The number of ether oxygens (including phenoxy) is 1. The lowest BCUT2D eigenvalue weighted by Crippen LogP contribution is -2.22. The van der Waals surface area contributed by atoms with Gasteiger partial charge < -0.3 is 4.74 Å². The van der Waals surface area contributed by atoms with Crippen molar-refractivity contribution >= 4 is 11.8 Å². The Morgan fingerprint density at radius 3 is 2.76 bits per heavy atom. The molecule has 1 atom stereocenters. The molecule has 0 bridgehead atoms. The number of hydrogen-bond acceptors (Lipinski definition) is 3. The number of Topliss-reactive ketones (excluding diaryl/α,β-unsaturated/α-hetero) is 1. The van der Waals surface area contributed by atoms with Crippen molar-refractivity contribution in [1.29, 1.82) is 0 Å². The number of rotatable bonds is 4. The van der Waals surface area contributed by atoms with Crippen molar-refractivity contribution in [2.45, 2.75) is 52.4 Å². The third-order valence-electron chi connectivity index (χ3n) is 4.29. The van der Waals surface area contributed by atoms with E-state index in [2.05, 4.69) is 19.9 Å². The normalized spacial score (nSPS) is 20.8. The summed E-state index contributed by atoms with van der Waals surface area (Å²) >= 11 is 0. The van der Waals surface area contributed by atoms with Gasteiger partial charge in [0.15, 0.2) is 0 Å². The van der Waals surface area contributed by atoms with Gasteiger partial charge in [0.2, 0.25) is 0 Å². The number of carbonyl (C=O) groups excluding carboxylic acids is 2. The zero-order valence-electron chi connectivity index (χ0n) is 13.1. The van der Waals surface area contributed by atoms with Crippen molar-refractivity contribution in [3.05, 3.63) is 35.4 Å². The van der Waals surface area contributed by atoms with Crippen molar-refractivity contribution in [2.24, 2.45) is 5.41 Å². The molecule has 0 radical (unpaired) electrons. The smallest absolute Gasteiger partial charge is 0.379 e. The summed E-state index contributed by atoms with van der Waals surface area (Å²) in [5.41, 5.74) is 1.96. The van der Waals surface area contributed by atoms with E-state index in [1.165, 1.54) is 12.8 Å². The topological polar surface area (TPSA) is 43.4 Å². The van der Waals surface area contributed by atoms with Gasteiger partial charge >= 0.3 is 5.97 Å². The fraction of sp³-hybridized carbons (Fsp3) is 0.556. The largest absolute Gasteiger partial charge is 0.460 e. The van der Waals surface area contributed by atoms with Gasteiger partial charge in [0, 0.05) is 5.56 Å². The zero-order valence-corrected chi connectivity index (χ0v) is 13.1. The highest BCUT2D eigenvalue weighted by Crippen LogP contribution is 2.43. The van der Waals surface area contributed by atoms with E-state index < -0.39 is 11.8 Å². The van der Waals surface area contributed by atoms with Gasteiger partial charge in [-0.1, -0.05) is 38.5 Å². The molecule has 1 aromatic rings. The molecule has 1 aliphatic rings. The summed E-state index contributed by atoms with van der Waals surface area (Å²) < 4.78 is 4.79. The second-order valence-electron chi connectivity index (χ2n) is 6.63. The molecule has 114 valence electrons. The Hall–Kier alpha value is -1.64. The summed E-state index contributed by atoms with van der Waals surface area (Å²) in [5, 5.41) is 0. The van der Waals surface area contributed by atoms with E-state index in [1.54, 1.807) is 13.0 Å². The first-order valence-electron chi connectivity index (χ1n) is 7.74. The Balaban J connectivity index is 2.18. The fourth-order valence-electron chi connectivity index (χ4n) is 3.23. The molecule has 1 unspecified atom stereocenters. The minimum Gasteiger partial charge on any atom is -0.460 e. The van der Waals surface area contributed by atoms with Gasteiger partial charge in [0.1, 0.15) is 0 Å². The Kier molecular flexibility index (Phi) is 4.81. The lowest BCUT2D eigenvalue weighted by molar-refractivity contribution is -0.137. The molecule has 0 N–H and O–H groups in total. The summed E-state index contributed by atoms with van der Waals surface area (Å²) in [7, 11) is 0. The van der Waals surface area contributed by atoms with Crippen LogP contribution in [0.15, 0.2) is 24.3 Å². The molecule has 21 heavy (non-hydrogen) atoms. The van der Waals surface area contributed by atoms with Gasteiger partial charge in [-0.25, -0.2) is 4.79 Å². The highest BCUT2D eigenvalue weighted by atomic mass is 16.5. The van der Waals surface area contributed by atoms with Crippen LogP contribution in [-0.2, 0) is 9.53 Å². The SMILES string of the molecule is CCOC(=O)C(=O)c1cccc(C2CCCC(C)(C)C2)c1. The Morgan fingerprint density at radius 1 is 1.33 bits per heavy atom. The molecule has 0 heterocycles. The first-order valence-corrected chi connectivity index (χ1v) is 7.74. The molecule has 1 saturated carbocycles. The van der Waals surface area contributed by atoms with Crippen LogP contribution < -0.4 is 0 Å². The van der Waals surface area contributed by atoms with Crippen LogP contribution in [-0.4, -0.2) is 18.4 Å². The second kappa shape index (κ2) is 6.42. The quantitative estimate of drug-likeness (QED) is 0.475. The molecule has 1 aromatic carbocycles. The Labute approximate surface area is 126 Å². The lowest BCUT2D eigenvalue weighted by atomic mass is 9.70.